The monoisotopic (exact) mass is 459 g/mol. The molecule has 0 amide bonds. The van der Waals surface area contributed by atoms with Crippen molar-refractivity contribution in [2.75, 3.05) is 26.2 Å². The van der Waals surface area contributed by atoms with E-state index in [1.54, 1.807) is 10.6 Å². The number of nitrogens with one attached hydrogen (secondary N) is 1. The Bertz CT molecular complexity index is 1370. The Labute approximate surface area is 196 Å². The molecule has 1 N–H and O–H groups in total. The van der Waals surface area contributed by atoms with Crippen molar-refractivity contribution in [1.82, 2.24) is 19.8 Å². The number of hydrogen-bond donors (Lipinski definition) is 1. The second-order valence-electron chi connectivity index (χ2n) is 9.53. The molecule has 6 rings (SSSR count). The predicted molar refractivity (Wildman–Crippen MR) is 125 cm³/mol. The van der Waals surface area contributed by atoms with E-state index < -0.39 is 0 Å². The van der Waals surface area contributed by atoms with Gasteiger partial charge in [-0.05, 0) is 49.2 Å². The summed E-state index contributed by atoms with van der Waals surface area (Å²) in [6.07, 6.45) is 4.15. The molecule has 8 heteroatoms. The van der Waals surface area contributed by atoms with Crippen molar-refractivity contribution in [3.05, 3.63) is 68.9 Å². The molecule has 0 aliphatic carbocycles. The molecule has 3 aliphatic rings. The molecule has 5 heterocycles. The molecule has 1 atom stereocenters. The molecule has 1 fully saturated rings. The average Bonchev–Trinajstić information content (AvgIpc) is 3.48. The lowest BCUT2D eigenvalue weighted by Crippen LogP contribution is -2.43. The van der Waals surface area contributed by atoms with Gasteiger partial charge in [0.1, 0.15) is 17.6 Å². The number of rotatable bonds is 5. The number of nitriles is 1. The van der Waals surface area contributed by atoms with E-state index >= 15 is 0 Å². The third-order valence-corrected chi connectivity index (χ3v) is 7.43. The predicted octanol–water partition coefficient (Wildman–Crippen LogP) is 2.69. The number of halogens is 1. The highest BCUT2D eigenvalue weighted by Gasteiger charge is 2.31. The molecule has 1 aromatic carbocycles. The van der Waals surface area contributed by atoms with Crippen molar-refractivity contribution in [2.24, 2.45) is 0 Å². The van der Waals surface area contributed by atoms with Crippen LogP contribution >= 0.6 is 0 Å². The maximum Gasteiger partial charge on any atom is 0.251 e. The van der Waals surface area contributed by atoms with Crippen LogP contribution in [0.4, 0.5) is 4.39 Å². The fourth-order valence-corrected chi connectivity index (χ4v) is 5.75. The lowest BCUT2D eigenvalue weighted by molar-refractivity contribution is 0.184. The number of piperidine rings is 1. The van der Waals surface area contributed by atoms with Crippen LogP contribution < -0.4 is 15.6 Å². The molecule has 7 nitrogen and oxygen atoms in total. The zero-order chi connectivity index (χ0) is 23.2. The van der Waals surface area contributed by atoms with Gasteiger partial charge in [0, 0.05) is 49.6 Å². The summed E-state index contributed by atoms with van der Waals surface area (Å²) in [4.78, 5) is 18.9. The van der Waals surface area contributed by atoms with Crippen molar-refractivity contribution in [3.8, 4) is 11.8 Å². The van der Waals surface area contributed by atoms with E-state index in [1.165, 1.54) is 12.3 Å². The van der Waals surface area contributed by atoms with Crippen LogP contribution in [0.5, 0.6) is 5.75 Å². The third kappa shape index (κ3) is 3.65. The number of hydrogen-bond acceptors (Lipinski definition) is 6. The molecule has 0 spiro atoms. The van der Waals surface area contributed by atoms with Crippen molar-refractivity contribution in [3.63, 3.8) is 0 Å². The maximum absolute atomic E-state index is 14.7. The maximum atomic E-state index is 14.7. The van der Waals surface area contributed by atoms with Gasteiger partial charge in [0.05, 0.1) is 29.4 Å². The van der Waals surface area contributed by atoms with Crippen LogP contribution in [0.1, 0.15) is 41.0 Å². The van der Waals surface area contributed by atoms with E-state index in [-0.39, 0.29) is 17.3 Å². The summed E-state index contributed by atoms with van der Waals surface area (Å²) in [5.74, 6) is 0.393. The van der Waals surface area contributed by atoms with Crippen molar-refractivity contribution in [1.29, 1.82) is 5.26 Å². The lowest BCUT2D eigenvalue weighted by atomic mass is 9.98. The minimum absolute atomic E-state index is 0.0388. The van der Waals surface area contributed by atoms with Gasteiger partial charge in [-0.25, -0.2) is 4.39 Å². The minimum Gasteiger partial charge on any atom is -0.492 e. The van der Waals surface area contributed by atoms with E-state index in [9.17, 15) is 14.4 Å². The van der Waals surface area contributed by atoms with Crippen LogP contribution in [0.3, 0.4) is 0 Å². The van der Waals surface area contributed by atoms with Gasteiger partial charge >= 0.3 is 0 Å². The van der Waals surface area contributed by atoms with E-state index in [4.69, 9.17) is 4.74 Å². The second kappa shape index (κ2) is 8.49. The molecule has 34 heavy (non-hydrogen) atoms. The normalized spacial score (nSPS) is 19.8. The van der Waals surface area contributed by atoms with Gasteiger partial charge in [-0.1, -0.05) is 6.07 Å². The van der Waals surface area contributed by atoms with Gasteiger partial charge < -0.3 is 19.5 Å². The quantitative estimate of drug-likeness (QED) is 0.632. The first-order chi connectivity index (χ1) is 16.6. The molecule has 1 unspecified atom stereocenters. The smallest absolute Gasteiger partial charge is 0.251 e. The SMILES string of the molecule is N#Cc1cc(CNC2CCN(CC3Cn4c(=O)ccc5ncc(F)c3c54)CC2)cc2c1OCC2. The van der Waals surface area contributed by atoms with Crippen LogP contribution in [0.25, 0.3) is 11.0 Å². The molecule has 0 saturated carbocycles. The molecule has 1 saturated heterocycles. The summed E-state index contributed by atoms with van der Waals surface area (Å²) in [7, 11) is 0. The summed E-state index contributed by atoms with van der Waals surface area (Å²) < 4.78 is 22.0. The summed E-state index contributed by atoms with van der Waals surface area (Å²) >= 11 is 0. The Morgan fingerprint density at radius 1 is 1.26 bits per heavy atom. The van der Waals surface area contributed by atoms with Crippen molar-refractivity contribution in [2.45, 2.75) is 44.3 Å². The zero-order valence-electron chi connectivity index (χ0n) is 18.9. The zero-order valence-corrected chi connectivity index (χ0v) is 18.9. The van der Waals surface area contributed by atoms with Crippen LogP contribution in [0.15, 0.2) is 35.3 Å². The Morgan fingerprint density at radius 2 is 2.12 bits per heavy atom. The summed E-state index contributed by atoms with van der Waals surface area (Å²) in [5, 5.41) is 13.1. The highest BCUT2D eigenvalue weighted by Crippen LogP contribution is 2.35. The molecule has 3 aromatic rings. The highest BCUT2D eigenvalue weighted by molar-refractivity contribution is 5.80. The summed E-state index contributed by atoms with van der Waals surface area (Å²) in [6.45, 7) is 4.48. The van der Waals surface area contributed by atoms with Crippen LogP contribution in [0, 0.1) is 17.1 Å². The Hall–Kier alpha value is -3.28. The second-order valence-corrected chi connectivity index (χ2v) is 9.53. The van der Waals surface area contributed by atoms with Crippen LogP contribution in [0.2, 0.25) is 0 Å². The number of fused-ring (bicyclic) bond motifs is 1. The van der Waals surface area contributed by atoms with Gasteiger partial charge in [-0.2, -0.15) is 5.26 Å². The van der Waals surface area contributed by atoms with Gasteiger partial charge in [-0.15, -0.1) is 0 Å². The van der Waals surface area contributed by atoms with Gasteiger partial charge in [0.15, 0.2) is 0 Å². The van der Waals surface area contributed by atoms with Crippen molar-refractivity contribution >= 4 is 11.0 Å². The van der Waals surface area contributed by atoms with Gasteiger partial charge in [0.2, 0.25) is 0 Å². The first kappa shape index (κ1) is 21.3. The molecular weight excluding hydrogens is 433 g/mol. The molecule has 0 bridgehead atoms. The average molecular weight is 460 g/mol. The number of ether oxygens (including phenoxy) is 1. The summed E-state index contributed by atoms with van der Waals surface area (Å²) in [6, 6.07) is 9.93. The van der Waals surface area contributed by atoms with E-state index in [1.807, 2.05) is 6.07 Å². The molecule has 2 aromatic heterocycles. The standard InChI is InChI=1S/C26H26FN5O2/c27-21-13-30-22-1-2-23(33)32-15-19(24(21)25(22)32)14-31-6-3-20(4-7-31)29-12-16-9-17-5-8-34-26(17)18(10-16)11-28/h1-2,9-10,13,19-20,29H,3-8,12,14-15H2. The van der Waals surface area contributed by atoms with Crippen LogP contribution in [-0.4, -0.2) is 46.7 Å². The third-order valence-electron chi connectivity index (χ3n) is 7.43. The number of aromatic nitrogens is 2. The largest absolute Gasteiger partial charge is 0.492 e. The molecular formula is C26H26FN5O2. The number of likely N-dealkylation sites (tertiary alicyclic amines) is 1. The van der Waals surface area contributed by atoms with Gasteiger partial charge in [0.25, 0.3) is 5.56 Å². The molecule has 0 radical (unpaired) electrons. The fraction of sp³-hybridized carbons (Fsp3) is 0.423. The Morgan fingerprint density at radius 3 is 2.94 bits per heavy atom. The highest BCUT2D eigenvalue weighted by atomic mass is 19.1. The fourth-order valence-electron chi connectivity index (χ4n) is 5.75. The topological polar surface area (TPSA) is 83.2 Å². The first-order valence-electron chi connectivity index (χ1n) is 11.9. The lowest BCUT2D eigenvalue weighted by Gasteiger charge is -2.34. The number of pyridine rings is 2. The van der Waals surface area contributed by atoms with Crippen LogP contribution in [-0.2, 0) is 19.5 Å². The first-order valence-corrected chi connectivity index (χ1v) is 11.9. The Kier molecular flexibility index (Phi) is 5.31. The van der Waals surface area contributed by atoms with Crippen molar-refractivity contribution < 1.29 is 9.13 Å². The number of benzene rings is 1. The van der Waals surface area contributed by atoms with E-state index in [0.29, 0.717) is 41.4 Å². The minimum atomic E-state index is -0.317. The molecule has 174 valence electrons. The Balaban J connectivity index is 1.08. The van der Waals surface area contributed by atoms with Gasteiger partial charge in [-0.3, -0.25) is 9.78 Å². The van der Waals surface area contributed by atoms with E-state index in [0.717, 1.165) is 62.3 Å². The number of nitrogens with zero attached hydrogens (tertiary/aromatic N) is 4. The van der Waals surface area contributed by atoms with E-state index in [2.05, 4.69) is 27.3 Å². The summed E-state index contributed by atoms with van der Waals surface area (Å²) in [5.41, 5.74) is 4.75. The molecule has 3 aliphatic heterocycles.